The van der Waals surface area contributed by atoms with E-state index in [1.54, 1.807) is 36.5 Å². The molecule has 148 valence electrons. The number of ketones is 1. The number of carbonyl (C=O) groups excluding carboxylic acids is 2. The minimum Gasteiger partial charge on any atom is -0.485 e. The van der Waals surface area contributed by atoms with Crippen LogP contribution in [-0.2, 0) is 23.9 Å². The van der Waals surface area contributed by atoms with E-state index >= 15 is 0 Å². The average molecular weight is 384 g/mol. The molecule has 1 aliphatic carbocycles. The fraction of sp³-hybridized carbons (Fsp3) is 0.409. The van der Waals surface area contributed by atoms with Crippen LogP contribution in [0.5, 0.6) is 0 Å². The van der Waals surface area contributed by atoms with Crippen molar-refractivity contribution >= 4 is 17.7 Å². The van der Waals surface area contributed by atoms with Crippen LogP contribution >= 0.6 is 0 Å². The number of hydrogen-bond donors (Lipinski definition) is 1. The van der Waals surface area contributed by atoms with E-state index in [9.17, 15) is 14.4 Å². The Labute approximate surface area is 163 Å². The SMILES string of the molecule is CC1CCCC[C@H]2C(=O)C=C[C@H]3OC(/C=C/C=C/C=C/C(=O)O)=C(C(=O)O1)[C@@H]32. The van der Waals surface area contributed by atoms with E-state index in [4.69, 9.17) is 14.6 Å². The average Bonchev–Trinajstić information content (AvgIpc) is 3.01. The first-order valence-electron chi connectivity index (χ1n) is 9.55. The fourth-order valence-corrected chi connectivity index (χ4v) is 3.89. The molecular weight excluding hydrogens is 360 g/mol. The molecule has 6 heteroatoms. The van der Waals surface area contributed by atoms with Crippen LogP contribution in [0.2, 0.25) is 0 Å². The topological polar surface area (TPSA) is 89.9 Å². The number of rotatable bonds is 4. The molecule has 0 radical (unpaired) electrons. The smallest absolute Gasteiger partial charge is 0.338 e. The maximum atomic E-state index is 12.9. The maximum Gasteiger partial charge on any atom is 0.338 e. The van der Waals surface area contributed by atoms with Gasteiger partial charge in [0.2, 0.25) is 0 Å². The highest BCUT2D eigenvalue weighted by Crippen LogP contribution is 2.43. The molecule has 0 amide bonds. The van der Waals surface area contributed by atoms with Crippen molar-refractivity contribution in [3.8, 4) is 0 Å². The van der Waals surface area contributed by atoms with Crippen LogP contribution in [0.1, 0.15) is 32.6 Å². The minimum atomic E-state index is -1.03. The van der Waals surface area contributed by atoms with Crippen molar-refractivity contribution in [3.05, 3.63) is 59.9 Å². The molecular formula is C22H24O6. The second-order valence-electron chi connectivity index (χ2n) is 7.20. The van der Waals surface area contributed by atoms with Gasteiger partial charge in [-0.05, 0) is 44.4 Å². The van der Waals surface area contributed by atoms with E-state index in [2.05, 4.69) is 0 Å². The zero-order valence-corrected chi connectivity index (χ0v) is 15.7. The van der Waals surface area contributed by atoms with Gasteiger partial charge in [0.25, 0.3) is 0 Å². The molecule has 0 aromatic carbocycles. The maximum absolute atomic E-state index is 12.9. The Hall–Kier alpha value is -2.89. The monoisotopic (exact) mass is 384 g/mol. The van der Waals surface area contributed by atoms with Crippen LogP contribution in [0.4, 0.5) is 0 Å². The van der Waals surface area contributed by atoms with Crippen molar-refractivity contribution in [3.63, 3.8) is 0 Å². The number of cyclic esters (lactones) is 1. The Morgan fingerprint density at radius 1 is 1.11 bits per heavy atom. The predicted molar refractivity (Wildman–Crippen MR) is 102 cm³/mol. The molecule has 1 fully saturated rings. The molecule has 28 heavy (non-hydrogen) atoms. The summed E-state index contributed by atoms with van der Waals surface area (Å²) in [7, 11) is 0. The van der Waals surface area contributed by atoms with Gasteiger partial charge >= 0.3 is 11.9 Å². The van der Waals surface area contributed by atoms with Gasteiger partial charge < -0.3 is 14.6 Å². The second-order valence-corrected chi connectivity index (χ2v) is 7.20. The number of allylic oxidation sites excluding steroid dienone is 6. The van der Waals surface area contributed by atoms with Crippen molar-refractivity contribution in [2.75, 3.05) is 0 Å². The number of hydrogen-bond acceptors (Lipinski definition) is 5. The first-order valence-corrected chi connectivity index (χ1v) is 9.55. The van der Waals surface area contributed by atoms with Crippen molar-refractivity contribution in [1.29, 1.82) is 0 Å². The summed E-state index contributed by atoms with van der Waals surface area (Å²) in [5.41, 5.74) is 0.423. The third-order valence-corrected chi connectivity index (χ3v) is 5.19. The summed E-state index contributed by atoms with van der Waals surface area (Å²) < 4.78 is 11.6. The number of carboxylic acids is 1. The van der Waals surface area contributed by atoms with Crippen LogP contribution in [0.25, 0.3) is 0 Å². The van der Waals surface area contributed by atoms with E-state index in [0.717, 1.165) is 31.8 Å². The molecule has 0 spiro atoms. The number of carbonyl (C=O) groups is 3. The van der Waals surface area contributed by atoms with Gasteiger partial charge in [0.1, 0.15) is 11.9 Å². The summed E-state index contributed by atoms with van der Waals surface area (Å²) in [6.07, 6.45) is 15.0. The number of esters is 1. The molecule has 4 atom stereocenters. The molecule has 3 rings (SSSR count). The molecule has 1 N–H and O–H groups in total. The van der Waals surface area contributed by atoms with E-state index in [-0.39, 0.29) is 29.8 Å². The third kappa shape index (κ3) is 4.50. The standard InChI is InChI=1S/C22H24O6/c1-14-8-6-7-9-15-16(23)12-13-18-20(15)21(22(26)27-14)17(28-18)10-4-2-3-5-11-19(24)25/h2-5,10-15,18,20H,6-9H2,1H3,(H,24,25)/b3-2+,10-4+,11-5+/t14?,15-,18+,20+/m0/s1. The van der Waals surface area contributed by atoms with Gasteiger partial charge in [-0.15, -0.1) is 0 Å². The lowest BCUT2D eigenvalue weighted by Gasteiger charge is -2.30. The van der Waals surface area contributed by atoms with Gasteiger partial charge in [-0.3, -0.25) is 4.79 Å². The Balaban J connectivity index is 1.90. The largest absolute Gasteiger partial charge is 0.485 e. The summed E-state index contributed by atoms with van der Waals surface area (Å²) in [5.74, 6) is -1.61. The van der Waals surface area contributed by atoms with Crippen molar-refractivity contribution in [2.24, 2.45) is 11.8 Å². The van der Waals surface area contributed by atoms with Crippen molar-refractivity contribution < 1.29 is 29.0 Å². The number of carboxylic acid groups (broad SMARTS) is 1. The summed E-state index contributed by atoms with van der Waals surface area (Å²) in [6, 6.07) is 0. The lowest BCUT2D eigenvalue weighted by molar-refractivity contribution is -0.145. The molecule has 6 nitrogen and oxygen atoms in total. The Bertz CT molecular complexity index is 798. The quantitative estimate of drug-likeness (QED) is 0.455. The van der Waals surface area contributed by atoms with Gasteiger partial charge in [0.05, 0.1) is 11.7 Å². The zero-order chi connectivity index (χ0) is 20.1. The number of aliphatic carboxylic acids is 1. The summed E-state index contributed by atoms with van der Waals surface area (Å²) >= 11 is 0. The van der Waals surface area contributed by atoms with Crippen LogP contribution in [0.3, 0.4) is 0 Å². The highest BCUT2D eigenvalue weighted by Gasteiger charge is 2.47. The first kappa shape index (κ1) is 19.9. The van der Waals surface area contributed by atoms with E-state index in [1.807, 2.05) is 6.92 Å². The van der Waals surface area contributed by atoms with Gasteiger partial charge in [0, 0.05) is 17.9 Å². The first-order chi connectivity index (χ1) is 13.5. The van der Waals surface area contributed by atoms with Crippen molar-refractivity contribution in [1.82, 2.24) is 0 Å². The van der Waals surface area contributed by atoms with Gasteiger partial charge in [0.15, 0.2) is 5.78 Å². The molecule has 1 saturated heterocycles. The Morgan fingerprint density at radius 2 is 1.86 bits per heavy atom. The van der Waals surface area contributed by atoms with Crippen LogP contribution < -0.4 is 0 Å². The summed E-state index contributed by atoms with van der Waals surface area (Å²) in [6.45, 7) is 1.88. The van der Waals surface area contributed by atoms with Gasteiger partial charge in [-0.2, -0.15) is 0 Å². The molecule has 0 aromatic heterocycles. The summed E-state index contributed by atoms with van der Waals surface area (Å²) in [4.78, 5) is 35.8. The normalized spacial score (nSPS) is 30.8. The van der Waals surface area contributed by atoms with Gasteiger partial charge in [-0.25, -0.2) is 9.59 Å². The Kier molecular flexibility index (Phi) is 6.29. The zero-order valence-electron chi connectivity index (χ0n) is 15.7. The third-order valence-electron chi connectivity index (χ3n) is 5.19. The lowest BCUT2D eigenvalue weighted by Crippen LogP contribution is -2.37. The van der Waals surface area contributed by atoms with E-state index < -0.39 is 11.9 Å². The predicted octanol–water partition coefficient (Wildman–Crippen LogP) is 3.27. The molecule has 2 aliphatic heterocycles. The molecule has 0 bridgehead atoms. The Morgan fingerprint density at radius 3 is 2.64 bits per heavy atom. The lowest BCUT2D eigenvalue weighted by atomic mass is 9.74. The van der Waals surface area contributed by atoms with Crippen molar-refractivity contribution in [2.45, 2.75) is 44.8 Å². The van der Waals surface area contributed by atoms with E-state index in [0.29, 0.717) is 11.3 Å². The van der Waals surface area contributed by atoms with Crippen LogP contribution in [-0.4, -0.2) is 35.0 Å². The number of ether oxygens (including phenoxy) is 2. The van der Waals surface area contributed by atoms with Crippen LogP contribution in [0.15, 0.2) is 59.9 Å². The molecule has 0 saturated carbocycles. The van der Waals surface area contributed by atoms with Gasteiger partial charge in [-0.1, -0.05) is 30.7 Å². The second kappa shape index (κ2) is 8.87. The molecule has 2 heterocycles. The van der Waals surface area contributed by atoms with E-state index in [1.165, 1.54) is 6.08 Å². The highest BCUT2D eigenvalue weighted by molar-refractivity contribution is 5.97. The van der Waals surface area contributed by atoms with Crippen LogP contribution in [0, 0.1) is 11.8 Å². The molecule has 3 aliphatic rings. The fourth-order valence-electron chi connectivity index (χ4n) is 3.89. The highest BCUT2D eigenvalue weighted by atomic mass is 16.5. The molecule has 0 aromatic rings. The molecule has 1 unspecified atom stereocenters. The summed E-state index contributed by atoms with van der Waals surface area (Å²) in [5, 5.41) is 8.57. The minimum absolute atomic E-state index is 0.0349.